The fourth-order valence-corrected chi connectivity index (χ4v) is 4.72. The number of nitrogens with zero attached hydrogens (tertiary/aromatic N) is 5. The largest absolute Gasteiger partial charge is 0.376 e. The van der Waals surface area contributed by atoms with Gasteiger partial charge in [-0.25, -0.2) is 9.37 Å². The second kappa shape index (κ2) is 11.5. The van der Waals surface area contributed by atoms with Gasteiger partial charge in [-0.3, -0.25) is 14.4 Å². The molecule has 174 valence electrons. The molecule has 0 saturated carbocycles. The number of likely N-dealkylation sites (tertiary alicyclic amines) is 1. The van der Waals surface area contributed by atoms with Gasteiger partial charge in [0.25, 0.3) is 0 Å². The number of carbonyl (C=O) groups excluding carboxylic acids is 1. The van der Waals surface area contributed by atoms with Gasteiger partial charge in [-0.1, -0.05) is 18.2 Å². The van der Waals surface area contributed by atoms with Crippen LogP contribution in [-0.2, 0) is 22.6 Å². The smallest absolute Gasteiger partial charge is 0.222 e. The quantitative estimate of drug-likeness (QED) is 0.565. The number of halogens is 1. The molecule has 2 aliphatic rings. The Bertz CT molecular complexity index is 833. The molecule has 1 atom stereocenters. The molecule has 7 nitrogen and oxygen atoms in total. The Morgan fingerprint density at radius 2 is 2.03 bits per heavy atom. The number of hydrogen-bond acceptors (Lipinski definition) is 5. The van der Waals surface area contributed by atoms with Crippen molar-refractivity contribution in [1.82, 2.24) is 24.6 Å². The number of aryl methyl sites for hydroxylation is 1. The minimum absolute atomic E-state index is 0.131. The number of rotatable bonds is 10. The molecular weight excluding hydrogens is 409 g/mol. The van der Waals surface area contributed by atoms with Crippen LogP contribution in [0.3, 0.4) is 0 Å². The maximum absolute atomic E-state index is 14.0. The van der Waals surface area contributed by atoms with E-state index in [9.17, 15) is 9.18 Å². The SMILES string of the molecule is O=C(CCCn1cncn1)N(CC1CCN(Cc2ccccc2F)CC1)C[C@H]1CCCO1. The molecule has 1 amide bonds. The van der Waals surface area contributed by atoms with Gasteiger partial charge in [0.05, 0.1) is 6.10 Å². The molecule has 3 heterocycles. The number of carbonyl (C=O) groups is 1. The van der Waals surface area contributed by atoms with Crippen LogP contribution in [0.15, 0.2) is 36.9 Å². The molecule has 0 radical (unpaired) electrons. The Labute approximate surface area is 189 Å². The molecule has 32 heavy (non-hydrogen) atoms. The molecule has 0 aliphatic carbocycles. The Balaban J connectivity index is 1.26. The first kappa shape index (κ1) is 22.9. The van der Waals surface area contributed by atoms with Crippen LogP contribution in [0.4, 0.5) is 4.39 Å². The highest BCUT2D eigenvalue weighted by Gasteiger charge is 2.27. The molecule has 0 bridgehead atoms. The zero-order chi connectivity index (χ0) is 22.2. The molecule has 8 heteroatoms. The van der Waals surface area contributed by atoms with Crippen molar-refractivity contribution < 1.29 is 13.9 Å². The number of hydrogen-bond donors (Lipinski definition) is 0. The van der Waals surface area contributed by atoms with Gasteiger partial charge in [-0.2, -0.15) is 5.10 Å². The lowest BCUT2D eigenvalue weighted by Gasteiger charge is -2.35. The molecule has 2 aliphatic heterocycles. The number of aromatic nitrogens is 3. The van der Waals surface area contributed by atoms with Gasteiger partial charge in [0, 0.05) is 44.8 Å². The highest BCUT2D eigenvalue weighted by atomic mass is 19.1. The second-order valence-electron chi connectivity index (χ2n) is 9.01. The van der Waals surface area contributed by atoms with Gasteiger partial charge < -0.3 is 9.64 Å². The van der Waals surface area contributed by atoms with Crippen molar-refractivity contribution in [2.24, 2.45) is 5.92 Å². The number of ether oxygens (including phenoxy) is 1. The lowest BCUT2D eigenvalue weighted by atomic mass is 9.95. The first-order valence-electron chi connectivity index (χ1n) is 11.8. The topological polar surface area (TPSA) is 63.5 Å². The van der Waals surface area contributed by atoms with Crippen molar-refractivity contribution >= 4 is 5.91 Å². The van der Waals surface area contributed by atoms with Gasteiger partial charge >= 0.3 is 0 Å². The third kappa shape index (κ3) is 6.59. The van der Waals surface area contributed by atoms with E-state index < -0.39 is 0 Å². The Morgan fingerprint density at radius 1 is 1.19 bits per heavy atom. The predicted molar refractivity (Wildman–Crippen MR) is 119 cm³/mol. The minimum atomic E-state index is -0.131. The van der Waals surface area contributed by atoms with Crippen molar-refractivity contribution in [3.05, 3.63) is 48.3 Å². The van der Waals surface area contributed by atoms with Crippen LogP contribution in [0, 0.1) is 11.7 Å². The average molecular weight is 444 g/mol. The molecule has 2 saturated heterocycles. The van der Waals surface area contributed by atoms with E-state index in [-0.39, 0.29) is 17.8 Å². The van der Waals surface area contributed by atoms with Gasteiger partial charge in [0.2, 0.25) is 5.91 Å². The summed E-state index contributed by atoms with van der Waals surface area (Å²) in [6.07, 6.45) is 8.80. The van der Waals surface area contributed by atoms with E-state index in [0.717, 1.165) is 63.9 Å². The molecule has 0 spiro atoms. The zero-order valence-corrected chi connectivity index (χ0v) is 18.7. The lowest BCUT2D eigenvalue weighted by Crippen LogP contribution is -2.43. The maximum atomic E-state index is 14.0. The summed E-state index contributed by atoms with van der Waals surface area (Å²) in [5, 5.41) is 4.11. The van der Waals surface area contributed by atoms with Crippen molar-refractivity contribution in [2.75, 3.05) is 32.8 Å². The summed E-state index contributed by atoms with van der Waals surface area (Å²) < 4.78 is 21.6. The van der Waals surface area contributed by atoms with E-state index in [1.165, 1.54) is 12.4 Å². The Kier molecular flexibility index (Phi) is 8.23. The standard InChI is InChI=1S/C24H34FN5O2/c25-23-7-2-1-5-21(23)16-28-12-9-20(10-13-28)15-29(17-22-6-4-14-32-22)24(31)8-3-11-30-19-26-18-27-30/h1-2,5,7,18-20,22H,3-4,6,8-17H2/t22-/m1/s1. The van der Waals surface area contributed by atoms with Crippen molar-refractivity contribution in [1.29, 1.82) is 0 Å². The molecule has 1 aromatic heterocycles. The second-order valence-corrected chi connectivity index (χ2v) is 9.01. The number of benzene rings is 1. The van der Waals surface area contributed by atoms with E-state index in [1.54, 1.807) is 17.1 Å². The third-order valence-electron chi connectivity index (χ3n) is 6.58. The van der Waals surface area contributed by atoms with E-state index >= 15 is 0 Å². The van der Waals surface area contributed by atoms with E-state index in [4.69, 9.17) is 4.74 Å². The van der Waals surface area contributed by atoms with Crippen LogP contribution >= 0.6 is 0 Å². The van der Waals surface area contributed by atoms with Gasteiger partial charge in [-0.15, -0.1) is 0 Å². The van der Waals surface area contributed by atoms with Gasteiger partial charge in [0.15, 0.2) is 0 Å². The van der Waals surface area contributed by atoms with Crippen LogP contribution in [-0.4, -0.2) is 69.4 Å². The van der Waals surface area contributed by atoms with Crippen molar-refractivity contribution in [2.45, 2.75) is 57.7 Å². The third-order valence-corrected chi connectivity index (χ3v) is 6.58. The normalized spacial score (nSPS) is 20.0. The van der Waals surface area contributed by atoms with Crippen molar-refractivity contribution in [3.8, 4) is 0 Å². The molecule has 0 unspecified atom stereocenters. The summed E-state index contributed by atoms with van der Waals surface area (Å²) >= 11 is 0. The van der Waals surface area contributed by atoms with Crippen molar-refractivity contribution in [3.63, 3.8) is 0 Å². The minimum Gasteiger partial charge on any atom is -0.376 e. The van der Waals surface area contributed by atoms with Gasteiger partial charge in [0.1, 0.15) is 18.5 Å². The molecule has 1 aromatic carbocycles. The zero-order valence-electron chi connectivity index (χ0n) is 18.7. The van der Waals surface area contributed by atoms with Gasteiger partial charge in [-0.05, 0) is 57.2 Å². The van der Waals surface area contributed by atoms with Crippen LogP contribution in [0.25, 0.3) is 0 Å². The molecule has 2 fully saturated rings. The van der Waals surface area contributed by atoms with Crippen LogP contribution in [0.2, 0.25) is 0 Å². The maximum Gasteiger partial charge on any atom is 0.222 e. The highest BCUT2D eigenvalue weighted by molar-refractivity contribution is 5.76. The number of amides is 1. The summed E-state index contributed by atoms with van der Waals surface area (Å²) in [7, 11) is 0. The summed E-state index contributed by atoms with van der Waals surface area (Å²) in [6.45, 7) is 5.51. The fraction of sp³-hybridized carbons (Fsp3) is 0.625. The summed E-state index contributed by atoms with van der Waals surface area (Å²) in [6, 6.07) is 7.02. The monoisotopic (exact) mass is 443 g/mol. The van der Waals surface area contributed by atoms with Crippen LogP contribution in [0.1, 0.15) is 44.1 Å². The summed E-state index contributed by atoms with van der Waals surface area (Å²) in [5.41, 5.74) is 0.758. The first-order chi connectivity index (χ1) is 15.7. The fourth-order valence-electron chi connectivity index (χ4n) is 4.72. The summed E-state index contributed by atoms with van der Waals surface area (Å²) in [5.74, 6) is 0.552. The van der Waals surface area contributed by atoms with E-state index in [1.807, 2.05) is 17.0 Å². The predicted octanol–water partition coefficient (Wildman–Crippen LogP) is 3.12. The van der Waals surface area contributed by atoms with E-state index in [0.29, 0.717) is 32.0 Å². The van der Waals surface area contributed by atoms with E-state index in [2.05, 4.69) is 15.0 Å². The van der Waals surface area contributed by atoms with Crippen LogP contribution < -0.4 is 0 Å². The first-order valence-corrected chi connectivity index (χ1v) is 11.8. The van der Waals surface area contributed by atoms with Crippen LogP contribution in [0.5, 0.6) is 0 Å². The lowest BCUT2D eigenvalue weighted by molar-refractivity contribution is -0.134. The Morgan fingerprint density at radius 3 is 2.75 bits per heavy atom. The number of piperidine rings is 1. The summed E-state index contributed by atoms with van der Waals surface area (Å²) in [4.78, 5) is 21.4. The highest BCUT2D eigenvalue weighted by Crippen LogP contribution is 2.23. The average Bonchev–Trinajstić information content (AvgIpc) is 3.50. The Hall–Kier alpha value is -2.32. The molecule has 0 N–H and O–H groups in total. The molecule has 2 aromatic rings. The molecular formula is C24H34FN5O2. The molecule has 4 rings (SSSR count).